The van der Waals surface area contributed by atoms with E-state index in [-0.39, 0.29) is 6.54 Å². The Bertz CT molecular complexity index is 452. The van der Waals surface area contributed by atoms with Crippen molar-refractivity contribution in [1.29, 1.82) is 0 Å². The highest BCUT2D eigenvalue weighted by molar-refractivity contribution is 7.93. The summed E-state index contributed by atoms with van der Waals surface area (Å²) >= 11 is 0. The van der Waals surface area contributed by atoms with Gasteiger partial charge in [0, 0.05) is 12.8 Å². The minimum absolute atomic E-state index is 0.224. The van der Waals surface area contributed by atoms with Crippen molar-refractivity contribution < 1.29 is 26.7 Å². The van der Waals surface area contributed by atoms with E-state index in [0.29, 0.717) is 6.42 Å². The van der Waals surface area contributed by atoms with E-state index in [1.807, 2.05) is 0 Å². The standard InChI is InChI=1S/C8H17NO6S2/c1-3-7(8(10)11)6-9-17(14,15)5-4-16(2,12)13/h7,9H,3-6H2,1-2H3,(H,10,11). The van der Waals surface area contributed by atoms with Crippen LogP contribution in [-0.2, 0) is 24.7 Å². The van der Waals surface area contributed by atoms with Crippen LogP contribution in [0.25, 0.3) is 0 Å². The van der Waals surface area contributed by atoms with E-state index in [1.54, 1.807) is 6.92 Å². The molecule has 2 N–H and O–H groups in total. The molecule has 0 aliphatic heterocycles. The molecular weight excluding hydrogens is 270 g/mol. The predicted molar refractivity (Wildman–Crippen MR) is 62.9 cm³/mol. The molecule has 1 atom stereocenters. The average Bonchev–Trinajstić information content (AvgIpc) is 2.14. The highest BCUT2D eigenvalue weighted by Gasteiger charge is 2.19. The van der Waals surface area contributed by atoms with Crippen molar-refractivity contribution in [2.75, 3.05) is 24.3 Å². The van der Waals surface area contributed by atoms with E-state index in [4.69, 9.17) is 5.11 Å². The fourth-order valence-electron chi connectivity index (χ4n) is 0.967. The van der Waals surface area contributed by atoms with Crippen molar-refractivity contribution in [1.82, 2.24) is 4.72 Å². The van der Waals surface area contributed by atoms with Crippen LogP contribution in [0, 0.1) is 5.92 Å². The summed E-state index contributed by atoms with van der Waals surface area (Å²) in [6.07, 6.45) is 1.23. The van der Waals surface area contributed by atoms with Gasteiger partial charge >= 0.3 is 5.97 Å². The molecule has 9 heteroatoms. The van der Waals surface area contributed by atoms with E-state index in [0.717, 1.165) is 6.26 Å². The summed E-state index contributed by atoms with van der Waals surface area (Å²) in [4.78, 5) is 10.6. The van der Waals surface area contributed by atoms with Gasteiger partial charge in [0.25, 0.3) is 0 Å². The van der Waals surface area contributed by atoms with Gasteiger partial charge in [0.2, 0.25) is 10.0 Å². The zero-order valence-electron chi connectivity index (χ0n) is 9.71. The summed E-state index contributed by atoms with van der Waals surface area (Å²) in [6.45, 7) is 1.40. The van der Waals surface area contributed by atoms with Gasteiger partial charge in [-0.25, -0.2) is 21.6 Å². The summed E-state index contributed by atoms with van der Waals surface area (Å²) in [5, 5.41) is 8.70. The van der Waals surface area contributed by atoms with Crippen molar-refractivity contribution in [3.05, 3.63) is 0 Å². The lowest BCUT2D eigenvalue weighted by Crippen LogP contribution is -2.35. The van der Waals surface area contributed by atoms with Crippen LogP contribution in [0.3, 0.4) is 0 Å². The number of aliphatic carboxylic acids is 1. The van der Waals surface area contributed by atoms with Crippen LogP contribution in [0.15, 0.2) is 0 Å². The number of hydrogen-bond acceptors (Lipinski definition) is 5. The van der Waals surface area contributed by atoms with E-state index in [9.17, 15) is 21.6 Å². The third-order valence-corrected chi connectivity index (χ3v) is 4.67. The fourth-order valence-corrected chi connectivity index (χ4v) is 3.66. The van der Waals surface area contributed by atoms with Crippen LogP contribution in [0.1, 0.15) is 13.3 Å². The lowest BCUT2D eigenvalue weighted by Gasteiger charge is -2.11. The Morgan fingerprint density at radius 3 is 2.12 bits per heavy atom. The van der Waals surface area contributed by atoms with Crippen molar-refractivity contribution in [2.24, 2.45) is 5.92 Å². The zero-order valence-corrected chi connectivity index (χ0v) is 11.3. The number of sulfone groups is 1. The minimum Gasteiger partial charge on any atom is -0.481 e. The summed E-state index contributed by atoms with van der Waals surface area (Å²) in [5.41, 5.74) is 0. The molecule has 0 aromatic carbocycles. The van der Waals surface area contributed by atoms with Crippen LogP contribution in [0.5, 0.6) is 0 Å². The third-order valence-electron chi connectivity index (χ3n) is 2.11. The quantitative estimate of drug-likeness (QED) is 0.595. The molecule has 1 unspecified atom stereocenters. The second-order valence-electron chi connectivity index (χ2n) is 3.74. The molecule has 7 nitrogen and oxygen atoms in total. The molecule has 0 bridgehead atoms. The number of nitrogens with one attached hydrogen (secondary N) is 1. The topological polar surface area (TPSA) is 118 Å². The molecule has 0 aromatic rings. The van der Waals surface area contributed by atoms with Crippen molar-refractivity contribution >= 4 is 25.8 Å². The predicted octanol–water partition coefficient (Wildman–Crippen LogP) is -0.939. The minimum atomic E-state index is -3.75. The smallest absolute Gasteiger partial charge is 0.307 e. The normalized spacial score (nSPS) is 14.5. The molecule has 0 rings (SSSR count). The van der Waals surface area contributed by atoms with Gasteiger partial charge in [-0.1, -0.05) is 6.92 Å². The van der Waals surface area contributed by atoms with Crippen LogP contribution < -0.4 is 4.72 Å². The van der Waals surface area contributed by atoms with Gasteiger partial charge in [-0.05, 0) is 6.42 Å². The number of carboxylic acids is 1. The highest BCUT2D eigenvalue weighted by Crippen LogP contribution is 2.01. The Balaban J connectivity index is 4.33. The van der Waals surface area contributed by atoms with Crippen molar-refractivity contribution in [3.8, 4) is 0 Å². The SMILES string of the molecule is CCC(CNS(=O)(=O)CCS(C)(=O)=O)C(=O)O. The molecule has 0 radical (unpaired) electrons. The second-order valence-corrected chi connectivity index (χ2v) is 7.93. The molecule has 0 saturated heterocycles. The molecule has 0 saturated carbocycles. The largest absolute Gasteiger partial charge is 0.481 e. The maximum absolute atomic E-state index is 11.4. The molecule has 0 aromatic heterocycles. The number of rotatable bonds is 8. The first-order chi connectivity index (χ1) is 7.57. The second kappa shape index (κ2) is 6.31. The average molecular weight is 287 g/mol. The zero-order chi connectivity index (χ0) is 13.7. The summed E-state index contributed by atoms with van der Waals surface area (Å²) in [6, 6.07) is 0. The van der Waals surface area contributed by atoms with Gasteiger partial charge in [-0.2, -0.15) is 0 Å². The van der Waals surface area contributed by atoms with Gasteiger partial charge < -0.3 is 5.11 Å². The van der Waals surface area contributed by atoms with E-state index >= 15 is 0 Å². The Morgan fingerprint density at radius 2 is 1.76 bits per heavy atom. The van der Waals surface area contributed by atoms with E-state index in [1.165, 1.54) is 0 Å². The monoisotopic (exact) mass is 287 g/mol. The number of carboxylic acid groups (broad SMARTS) is 1. The number of carbonyl (C=O) groups is 1. The third kappa shape index (κ3) is 8.11. The van der Waals surface area contributed by atoms with E-state index < -0.39 is 43.3 Å². The Labute approximate surface area is 101 Å². The molecule has 102 valence electrons. The lowest BCUT2D eigenvalue weighted by atomic mass is 10.1. The Morgan fingerprint density at radius 1 is 1.24 bits per heavy atom. The van der Waals surface area contributed by atoms with Crippen LogP contribution in [0.4, 0.5) is 0 Å². The molecule has 0 aliphatic carbocycles. The van der Waals surface area contributed by atoms with Crippen molar-refractivity contribution in [2.45, 2.75) is 13.3 Å². The molecule has 0 heterocycles. The molecule has 17 heavy (non-hydrogen) atoms. The lowest BCUT2D eigenvalue weighted by molar-refractivity contribution is -0.141. The van der Waals surface area contributed by atoms with Crippen LogP contribution >= 0.6 is 0 Å². The summed E-state index contributed by atoms with van der Waals surface area (Å²) in [7, 11) is -7.10. The maximum atomic E-state index is 11.4. The number of sulfonamides is 1. The first-order valence-electron chi connectivity index (χ1n) is 4.95. The van der Waals surface area contributed by atoms with Gasteiger partial charge in [0.1, 0.15) is 9.84 Å². The van der Waals surface area contributed by atoms with E-state index in [2.05, 4.69) is 4.72 Å². The summed E-state index contributed by atoms with van der Waals surface area (Å²) < 4.78 is 46.4. The first kappa shape index (κ1) is 16.3. The molecule has 0 amide bonds. The Kier molecular flexibility index (Phi) is 6.06. The number of hydrogen-bond donors (Lipinski definition) is 2. The molecule has 0 spiro atoms. The first-order valence-corrected chi connectivity index (χ1v) is 8.66. The van der Waals surface area contributed by atoms with Gasteiger partial charge in [0.15, 0.2) is 0 Å². The van der Waals surface area contributed by atoms with Gasteiger partial charge in [-0.3, -0.25) is 4.79 Å². The highest BCUT2D eigenvalue weighted by atomic mass is 32.2. The van der Waals surface area contributed by atoms with Crippen LogP contribution in [-0.4, -0.2) is 52.2 Å². The van der Waals surface area contributed by atoms with Gasteiger partial charge in [-0.15, -0.1) is 0 Å². The fraction of sp³-hybridized carbons (Fsp3) is 0.875. The van der Waals surface area contributed by atoms with Gasteiger partial charge in [0.05, 0.1) is 17.4 Å². The molecule has 0 aliphatic rings. The van der Waals surface area contributed by atoms with Crippen LogP contribution in [0.2, 0.25) is 0 Å². The molecule has 0 fully saturated rings. The Hall–Kier alpha value is -0.670. The molecular formula is C8H17NO6S2. The maximum Gasteiger partial charge on any atom is 0.307 e. The summed E-state index contributed by atoms with van der Waals surface area (Å²) in [5.74, 6) is -2.92. The van der Waals surface area contributed by atoms with Crippen molar-refractivity contribution in [3.63, 3.8) is 0 Å².